The Morgan fingerprint density at radius 2 is 1.85 bits per heavy atom. The van der Waals surface area contributed by atoms with Crippen molar-refractivity contribution in [1.82, 2.24) is 14.7 Å². The number of halogens is 4. The van der Waals surface area contributed by atoms with Crippen molar-refractivity contribution in [3.8, 4) is 0 Å². The molecule has 1 saturated heterocycles. The van der Waals surface area contributed by atoms with Crippen LogP contribution in [0.4, 0.5) is 13.2 Å². The van der Waals surface area contributed by atoms with Crippen molar-refractivity contribution >= 4 is 23.3 Å². The van der Waals surface area contributed by atoms with Gasteiger partial charge in [0.05, 0.1) is 18.7 Å². The fourth-order valence-corrected chi connectivity index (χ4v) is 4.18. The van der Waals surface area contributed by atoms with Gasteiger partial charge in [-0.3, -0.25) is 9.59 Å². The van der Waals surface area contributed by atoms with Gasteiger partial charge in [0, 0.05) is 49.9 Å². The molecule has 1 aromatic carbocycles. The minimum absolute atomic E-state index is 0.0242. The molecular weight excluding hydrogens is 527 g/mol. The zero-order chi connectivity index (χ0) is 29.4. The molecule has 0 N–H and O–H groups in total. The van der Waals surface area contributed by atoms with Gasteiger partial charge in [-0.1, -0.05) is 75.2 Å². The number of benzene rings is 1. The largest absolute Gasteiger partial charge is 0.390 e. The number of aryl methyl sites for hydroxylation is 1. The highest BCUT2D eigenvalue weighted by atomic mass is 35.5. The van der Waals surface area contributed by atoms with Gasteiger partial charge in [0.25, 0.3) is 0 Å². The van der Waals surface area contributed by atoms with Gasteiger partial charge in [0.1, 0.15) is 0 Å². The second-order valence-electron chi connectivity index (χ2n) is 9.64. The van der Waals surface area contributed by atoms with Gasteiger partial charge in [-0.05, 0) is 37.9 Å². The van der Waals surface area contributed by atoms with E-state index in [9.17, 15) is 22.8 Å². The van der Waals surface area contributed by atoms with Gasteiger partial charge < -0.3 is 14.7 Å². The molecule has 1 heterocycles. The molecule has 39 heavy (non-hydrogen) atoms. The molecule has 9 heteroatoms. The van der Waals surface area contributed by atoms with Gasteiger partial charge in [0.15, 0.2) is 5.78 Å². The van der Waals surface area contributed by atoms with E-state index < -0.39 is 12.6 Å². The number of allylic oxidation sites excluding steroid dienone is 2. The van der Waals surface area contributed by atoms with Crippen LogP contribution >= 0.6 is 11.6 Å². The molecule has 0 saturated carbocycles. The van der Waals surface area contributed by atoms with Crippen LogP contribution in [-0.2, 0) is 16.0 Å². The molecule has 1 aromatic rings. The van der Waals surface area contributed by atoms with Crippen molar-refractivity contribution in [3.05, 3.63) is 71.1 Å². The van der Waals surface area contributed by atoms with E-state index in [2.05, 4.69) is 26.5 Å². The van der Waals surface area contributed by atoms with Gasteiger partial charge in [-0.15, -0.1) is 0 Å². The van der Waals surface area contributed by atoms with E-state index in [0.717, 1.165) is 37.1 Å². The third-order valence-corrected chi connectivity index (χ3v) is 6.51. The van der Waals surface area contributed by atoms with E-state index >= 15 is 0 Å². The van der Waals surface area contributed by atoms with Crippen LogP contribution in [0, 0.1) is 0 Å². The molecular formula is C30H43ClF3N3O2. The van der Waals surface area contributed by atoms with Gasteiger partial charge >= 0.3 is 6.18 Å². The lowest BCUT2D eigenvalue weighted by Crippen LogP contribution is -2.46. The Balaban J connectivity index is 0.000000633. The number of carbonyl (C=O) groups excluding carboxylic acids is 2. The lowest BCUT2D eigenvalue weighted by atomic mass is 10.1. The van der Waals surface area contributed by atoms with Crippen molar-refractivity contribution in [3.63, 3.8) is 0 Å². The van der Waals surface area contributed by atoms with Crippen LogP contribution in [0.3, 0.4) is 0 Å². The Labute approximate surface area is 237 Å². The summed E-state index contributed by atoms with van der Waals surface area (Å²) in [7, 11) is 1.58. The second kappa shape index (κ2) is 17.9. The molecule has 0 bridgehead atoms. The van der Waals surface area contributed by atoms with Crippen LogP contribution in [-0.4, -0.2) is 72.3 Å². The summed E-state index contributed by atoms with van der Waals surface area (Å²) < 4.78 is 36.7. The van der Waals surface area contributed by atoms with E-state index in [1.807, 2.05) is 29.2 Å². The average molecular weight is 570 g/mol. The maximum absolute atomic E-state index is 12.4. The van der Waals surface area contributed by atoms with E-state index in [1.165, 1.54) is 23.5 Å². The summed E-state index contributed by atoms with van der Waals surface area (Å²) in [5, 5.41) is 0.893. The molecule has 0 aliphatic carbocycles. The average Bonchev–Trinajstić information content (AvgIpc) is 2.87. The van der Waals surface area contributed by atoms with Gasteiger partial charge in [-0.25, -0.2) is 0 Å². The molecule has 0 unspecified atom stereocenters. The Kier molecular flexibility index (Phi) is 15.8. The first kappa shape index (κ1) is 34.4. The van der Waals surface area contributed by atoms with E-state index in [4.69, 9.17) is 11.6 Å². The maximum atomic E-state index is 12.4. The molecule has 218 valence electrons. The highest BCUT2D eigenvalue weighted by Crippen LogP contribution is 2.21. The third-order valence-electron chi connectivity index (χ3n) is 6.14. The van der Waals surface area contributed by atoms with Crippen LogP contribution in [0.25, 0.3) is 0 Å². The Hall–Kier alpha value is -2.58. The van der Waals surface area contributed by atoms with Crippen LogP contribution in [0.2, 0.25) is 5.02 Å². The summed E-state index contributed by atoms with van der Waals surface area (Å²) in [5.41, 5.74) is 2.56. The van der Waals surface area contributed by atoms with Crippen molar-refractivity contribution in [2.45, 2.75) is 65.5 Å². The normalized spacial score (nSPS) is 14.6. The van der Waals surface area contributed by atoms with Crippen molar-refractivity contribution in [2.24, 2.45) is 0 Å². The SMILES string of the molecule is C=C1CN(C(=O)/C=C/CN(C)CCC(F)(F)F)CCN1/C(=C\CCCC)C(C)=O.CCCc1ccccc1Cl. The molecule has 2 rings (SSSR count). The Morgan fingerprint density at radius 3 is 2.41 bits per heavy atom. The summed E-state index contributed by atoms with van der Waals surface area (Å²) in [6.07, 6.45) is 4.94. The summed E-state index contributed by atoms with van der Waals surface area (Å²) in [6.45, 7) is 11.2. The topological polar surface area (TPSA) is 43.9 Å². The number of hydrogen-bond donors (Lipinski definition) is 0. The molecule has 0 spiro atoms. The highest BCUT2D eigenvalue weighted by Gasteiger charge is 2.27. The summed E-state index contributed by atoms with van der Waals surface area (Å²) in [6, 6.07) is 8.00. The fraction of sp³-hybridized carbons (Fsp3) is 0.533. The first-order valence-corrected chi connectivity index (χ1v) is 13.9. The number of hydrogen-bond acceptors (Lipinski definition) is 4. The van der Waals surface area contributed by atoms with Crippen LogP contribution in [0.5, 0.6) is 0 Å². The number of ketones is 1. The number of alkyl halides is 3. The number of nitrogens with zero attached hydrogens (tertiary/aromatic N) is 3. The smallest absolute Gasteiger partial charge is 0.340 e. The number of carbonyl (C=O) groups is 2. The monoisotopic (exact) mass is 569 g/mol. The third kappa shape index (κ3) is 13.9. The Bertz CT molecular complexity index is 992. The summed E-state index contributed by atoms with van der Waals surface area (Å²) in [5.74, 6) is -0.238. The lowest BCUT2D eigenvalue weighted by Gasteiger charge is -2.38. The Morgan fingerprint density at radius 1 is 1.15 bits per heavy atom. The fourth-order valence-electron chi connectivity index (χ4n) is 3.95. The van der Waals surface area contributed by atoms with Crippen LogP contribution < -0.4 is 0 Å². The zero-order valence-corrected chi connectivity index (χ0v) is 24.5. The lowest BCUT2D eigenvalue weighted by molar-refractivity contribution is -0.137. The molecule has 1 aliphatic rings. The van der Waals surface area contributed by atoms with E-state index in [0.29, 0.717) is 31.0 Å². The molecule has 1 fully saturated rings. The minimum atomic E-state index is -4.18. The predicted octanol–water partition coefficient (Wildman–Crippen LogP) is 7.04. The predicted molar refractivity (Wildman–Crippen MR) is 153 cm³/mol. The van der Waals surface area contributed by atoms with E-state index in [-0.39, 0.29) is 24.8 Å². The zero-order valence-electron chi connectivity index (χ0n) is 23.7. The number of likely N-dealkylation sites (N-methyl/N-ethyl adjacent to an activating group) is 1. The molecule has 0 aromatic heterocycles. The number of rotatable bonds is 12. The van der Waals surface area contributed by atoms with Crippen molar-refractivity contribution < 1.29 is 22.8 Å². The molecule has 0 atom stereocenters. The first-order valence-electron chi connectivity index (χ1n) is 13.5. The van der Waals surface area contributed by atoms with Crippen LogP contribution in [0.1, 0.15) is 58.4 Å². The first-order chi connectivity index (χ1) is 18.4. The summed E-state index contributed by atoms with van der Waals surface area (Å²) >= 11 is 5.90. The molecule has 1 amide bonds. The minimum Gasteiger partial charge on any atom is -0.340 e. The number of amides is 1. The maximum Gasteiger partial charge on any atom is 0.390 e. The molecule has 1 aliphatic heterocycles. The van der Waals surface area contributed by atoms with Crippen molar-refractivity contribution in [2.75, 3.05) is 39.8 Å². The van der Waals surface area contributed by atoms with Crippen LogP contribution in [0.15, 0.2) is 60.5 Å². The number of unbranched alkanes of at least 4 members (excludes halogenated alkanes) is 2. The highest BCUT2D eigenvalue weighted by molar-refractivity contribution is 6.31. The quantitative estimate of drug-likeness (QED) is 0.200. The van der Waals surface area contributed by atoms with Crippen molar-refractivity contribution in [1.29, 1.82) is 0 Å². The number of piperazine rings is 1. The van der Waals surface area contributed by atoms with Gasteiger partial charge in [-0.2, -0.15) is 13.2 Å². The second-order valence-corrected chi connectivity index (χ2v) is 10.0. The molecule has 5 nitrogen and oxygen atoms in total. The van der Waals surface area contributed by atoms with E-state index in [1.54, 1.807) is 18.0 Å². The van der Waals surface area contributed by atoms with Gasteiger partial charge in [0.2, 0.25) is 5.91 Å². The number of Topliss-reactive ketones (excluding diaryl/α,β-unsaturated/α-hetero) is 1. The summed E-state index contributed by atoms with van der Waals surface area (Å²) in [4.78, 5) is 29.4. The molecule has 0 radical (unpaired) electrons. The standard InChI is InChI=1S/C21H32F3N3O2.C9H11Cl/c1-5-6-7-9-19(18(3)28)27-15-14-26(16-17(27)2)20(29)10-8-12-25(4)13-11-21(22,23)24;1-2-5-8-6-3-4-7-9(8)10/h8-10H,2,5-7,11-16H2,1,3-4H3;3-4,6-7H,2,5H2,1H3/b10-8+,19-9-;.